The van der Waals surface area contributed by atoms with Crippen molar-refractivity contribution in [2.24, 2.45) is 0 Å². The minimum Gasteiger partial charge on any atom is -0.422 e. The molecule has 0 amide bonds. The Bertz CT molecular complexity index is 578. The molecule has 3 rings (SSSR count). The van der Waals surface area contributed by atoms with Crippen LogP contribution in [-0.4, -0.2) is 52.3 Å². The van der Waals surface area contributed by atoms with E-state index in [1.807, 2.05) is 7.05 Å². The Hall–Kier alpha value is -1.37. The van der Waals surface area contributed by atoms with Gasteiger partial charge in [-0.1, -0.05) is 11.6 Å². The maximum atomic E-state index is 9.74. The molecule has 2 N–H and O–H groups in total. The topological polar surface area (TPSA) is 74.4 Å². The van der Waals surface area contributed by atoms with E-state index in [1.54, 1.807) is 12.1 Å². The quantitative estimate of drug-likeness (QED) is 0.810. The van der Waals surface area contributed by atoms with E-state index in [1.165, 1.54) is 0 Å². The molecule has 2 aromatic rings. The van der Waals surface area contributed by atoms with Gasteiger partial charge in [0.15, 0.2) is 5.58 Å². The molecule has 3 heterocycles. The van der Waals surface area contributed by atoms with Crippen molar-refractivity contribution in [3.63, 3.8) is 0 Å². The van der Waals surface area contributed by atoms with Crippen molar-refractivity contribution in [2.45, 2.75) is 18.6 Å². The number of rotatable bonds is 2. The third-order valence-electron chi connectivity index (χ3n) is 3.16. The molecule has 19 heavy (non-hydrogen) atoms. The average molecular weight is 283 g/mol. The Balaban J connectivity index is 1.77. The molecule has 2 aromatic heterocycles. The second-order valence-corrected chi connectivity index (χ2v) is 5.31. The first kappa shape index (κ1) is 12.7. The first-order valence-corrected chi connectivity index (χ1v) is 6.54. The number of aliphatic hydroxyl groups is 1. The summed E-state index contributed by atoms with van der Waals surface area (Å²) in [6.07, 6.45) is 0.352. The Labute approximate surface area is 115 Å². The van der Waals surface area contributed by atoms with E-state index in [0.29, 0.717) is 35.4 Å². The van der Waals surface area contributed by atoms with Gasteiger partial charge < -0.3 is 19.7 Å². The molecule has 1 saturated heterocycles. The van der Waals surface area contributed by atoms with E-state index in [-0.39, 0.29) is 12.1 Å². The van der Waals surface area contributed by atoms with Crippen LogP contribution in [0, 0.1) is 0 Å². The summed E-state index contributed by atoms with van der Waals surface area (Å²) in [7, 11) is 1.98. The number of nitrogens with one attached hydrogen (secondary N) is 1. The number of oxazole rings is 1. The van der Waals surface area contributed by atoms with Crippen LogP contribution in [0.5, 0.6) is 0 Å². The summed E-state index contributed by atoms with van der Waals surface area (Å²) >= 11 is 5.81. The van der Waals surface area contributed by atoms with E-state index in [0.717, 1.165) is 6.54 Å². The lowest BCUT2D eigenvalue weighted by Gasteiger charge is -2.33. The zero-order valence-electron chi connectivity index (χ0n) is 10.5. The van der Waals surface area contributed by atoms with Gasteiger partial charge in [-0.3, -0.25) is 0 Å². The van der Waals surface area contributed by atoms with Crippen molar-refractivity contribution in [3.05, 3.63) is 17.3 Å². The van der Waals surface area contributed by atoms with Gasteiger partial charge in [0, 0.05) is 19.1 Å². The molecule has 1 aliphatic rings. The molecule has 0 unspecified atom stereocenters. The van der Waals surface area contributed by atoms with Crippen LogP contribution in [0.15, 0.2) is 16.5 Å². The number of aromatic nitrogens is 2. The molecule has 7 heteroatoms. The van der Waals surface area contributed by atoms with Crippen LogP contribution in [0.1, 0.15) is 6.42 Å². The average Bonchev–Trinajstić information content (AvgIpc) is 2.68. The second-order valence-electron chi connectivity index (χ2n) is 4.93. The number of halogens is 1. The van der Waals surface area contributed by atoms with E-state index in [2.05, 4.69) is 20.2 Å². The van der Waals surface area contributed by atoms with Gasteiger partial charge in [0.1, 0.15) is 5.15 Å². The van der Waals surface area contributed by atoms with Crippen molar-refractivity contribution in [1.29, 1.82) is 0 Å². The summed E-state index contributed by atoms with van der Waals surface area (Å²) in [5.74, 6) is 0. The summed E-state index contributed by atoms with van der Waals surface area (Å²) in [6, 6.07) is 3.93. The molecular formula is C12H15ClN4O2. The third-order valence-corrected chi connectivity index (χ3v) is 3.37. The minimum absolute atomic E-state index is 0.109. The monoisotopic (exact) mass is 282 g/mol. The molecule has 0 aliphatic carbocycles. The summed E-state index contributed by atoms with van der Waals surface area (Å²) in [6.45, 7) is 1.53. The molecule has 2 atom stereocenters. The van der Waals surface area contributed by atoms with E-state index < -0.39 is 0 Å². The fourth-order valence-corrected chi connectivity index (χ4v) is 2.57. The van der Waals surface area contributed by atoms with Gasteiger partial charge in [0.2, 0.25) is 5.65 Å². The molecule has 1 fully saturated rings. The minimum atomic E-state index is -0.326. The summed E-state index contributed by atoms with van der Waals surface area (Å²) in [5.41, 5.74) is 1.08. The van der Waals surface area contributed by atoms with Crippen molar-refractivity contribution in [1.82, 2.24) is 14.9 Å². The van der Waals surface area contributed by atoms with Gasteiger partial charge in [-0.2, -0.15) is 4.98 Å². The third kappa shape index (κ3) is 2.80. The molecule has 102 valence electrons. The Morgan fingerprint density at radius 1 is 1.42 bits per heavy atom. The molecule has 1 aliphatic heterocycles. The number of anilines is 1. The van der Waals surface area contributed by atoms with E-state index in [4.69, 9.17) is 16.0 Å². The Kier molecular flexibility index (Phi) is 3.30. The van der Waals surface area contributed by atoms with Crippen molar-refractivity contribution in [2.75, 3.05) is 25.5 Å². The maximum absolute atomic E-state index is 9.74. The number of piperidine rings is 1. The van der Waals surface area contributed by atoms with Crippen molar-refractivity contribution < 1.29 is 9.52 Å². The Morgan fingerprint density at radius 3 is 3.05 bits per heavy atom. The predicted octanol–water partition coefficient (Wildman–Crippen LogP) is 1.35. The van der Waals surface area contributed by atoms with Gasteiger partial charge in [-0.25, -0.2) is 4.98 Å². The van der Waals surface area contributed by atoms with E-state index >= 15 is 0 Å². The SMILES string of the molecule is CN1C[C@@H](O)C[C@@H](Nc2nc3nc(Cl)ccc3o2)C1. The normalized spacial score (nSPS) is 24.8. The van der Waals surface area contributed by atoms with Crippen LogP contribution in [0.2, 0.25) is 5.15 Å². The van der Waals surface area contributed by atoms with Crippen molar-refractivity contribution >= 4 is 28.8 Å². The molecule has 0 aromatic carbocycles. The van der Waals surface area contributed by atoms with Gasteiger partial charge >= 0.3 is 0 Å². The smallest absolute Gasteiger partial charge is 0.297 e. The van der Waals surface area contributed by atoms with Gasteiger partial charge in [0.05, 0.1) is 6.10 Å². The van der Waals surface area contributed by atoms with Crippen molar-refractivity contribution in [3.8, 4) is 0 Å². The molecule has 0 radical (unpaired) electrons. The van der Waals surface area contributed by atoms with Crippen LogP contribution in [0.25, 0.3) is 11.2 Å². The lowest BCUT2D eigenvalue weighted by atomic mass is 10.0. The summed E-state index contributed by atoms with van der Waals surface area (Å²) in [4.78, 5) is 10.4. The largest absolute Gasteiger partial charge is 0.422 e. The standard InChI is InChI=1S/C12H15ClN4O2/c1-17-5-7(4-8(18)6-17)14-12-16-11-9(19-12)2-3-10(13)15-11/h2-3,7-8,18H,4-6H2,1H3,(H,14,15,16)/t7-,8+/m1/s1. The first-order valence-electron chi connectivity index (χ1n) is 6.16. The fraction of sp³-hybridized carbons (Fsp3) is 0.500. The van der Waals surface area contributed by atoms with E-state index in [9.17, 15) is 5.11 Å². The number of likely N-dealkylation sites (tertiary alicyclic amines) is 1. The molecule has 6 nitrogen and oxygen atoms in total. The number of aliphatic hydroxyl groups excluding tert-OH is 1. The highest BCUT2D eigenvalue weighted by atomic mass is 35.5. The highest BCUT2D eigenvalue weighted by Gasteiger charge is 2.24. The zero-order chi connectivity index (χ0) is 13.4. The lowest BCUT2D eigenvalue weighted by molar-refractivity contribution is 0.0775. The Morgan fingerprint density at radius 2 is 2.26 bits per heavy atom. The lowest BCUT2D eigenvalue weighted by Crippen LogP contribution is -2.46. The van der Waals surface area contributed by atoms with Gasteiger partial charge in [-0.05, 0) is 25.6 Å². The predicted molar refractivity (Wildman–Crippen MR) is 72.3 cm³/mol. The number of nitrogens with zero attached hydrogens (tertiary/aromatic N) is 3. The summed E-state index contributed by atoms with van der Waals surface area (Å²) < 4.78 is 5.55. The number of hydrogen-bond donors (Lipinski definition) is 2. The van der Waals surface area contributed by atoms with Crippen LogP contribution in [0.3, 0.4) is 0 Å². The fourth-order valence-electron chi connectivity index (χ4n) is 2.42. The van der Waals surface area contributed by atoms with Crippen LogP contribution in [0.4, 0.5) is 6.01 Å². The maximum Gasteiger partial charge on any atom is 0.297 e. The first-order chi connectivity index (χ1) is 9.10. The number of pyridine rings is 1. The van der Waals surface area contributed by atoms with Crippen LogP contribution >= 0.6 is 11.6 Å². The van der Waals surface area contributed by atoms with Crippen LogP contribution < -0.4 is 5.32 Å². The highest BCUT2D eigenvalue weighted by Crippen LogP contribution is 2.21. The molecule has 0 saturated carbocycles. The van der Waals surface area contributed by atoms with Crippen LogP contribution in [-0.2, 0) is 0 Å². The second kappa shape index (κ2) is 4.96. The summed E-state index contributed by atoms with van der Waals surface area (Å²) in [5, 5.41) is 13.3. The molecule has 0 bridgehead atoms. The van der Waals surface area contributed by atoms with Gasteiger partial charge in [0.25, 0.3) is 6.01 Å². The molecular weight excluding hydrogens is 268 g/mol. The number of likely N-dealkylation sites (N-methyl/N-ethyl adjacent to an activating group) is 1. The van der Waals surface area contributed by atoms with Gasteiger partial charge in [-0.15, -0.1) is 0 Å². The number of fused-ring (bicyclic) bond motifs is 1. The molecule has 0 spiro atoms. The number of hydrogen-bond acceptors (Lipinski definition) is 6. The zero-order valence-corrected chi connectivity index (χ0v) is 11.3. The number of β-amino-alcohol motifs (C(OH)–C–C–N with tert-alkyl or cyclic N) is 1. The highest BCUT2D eigenvalue weighted by molar-refractivity contribution is 6.29.